The van der Waals surface area contributed by atoms with E-state index < -0.39 is 6.10 Å². The van der Waals surface area contributed by atoms with Gasteiger partial charge in [0.1, 0.15) is 0 Å². The third-order valence-electron chi connectivity index (χ3n) is 1.67. The van der Waals surface area contributed by atoms with E-state index in [-0.39, 0.29) is 0 Å². The fraction of sp³-hybridized carbons (Fsp3) is 0.250. The molecule has 0 aliphatic rings. The molecule has 4 heteroatoms. The highest BCUT2D eigenvalue weighted by molar-refractivity contribution is 7.16. The summed E-state index contributed by atoms with van der Waals surface area (Å²) in [4.78, 5) is 8.17. The second-order valence-corrected chi connectivity index (χ2v) is 3.49. The maximum absolute atomic E-state index is 9.24. The quantitative estimate of drug-likeness (QED) is 0.727. The second kappa shape index (κ2) is 2.80. The van der Waals surface area contributed by atoms with Crippen molar-refractivity contribution in [2.75, 3.05) is 0 Å². The summed E-state index contributed by atoms with van der Waals surface area (Å²) in [7, 11) is 0. The Bertz CT molecular complexity index is 397. The summed E-state index contributed by atoms with van der Waals surface area (Å²) >= 11 is 1.56. The molecule has 12 heavy (non-hydrogen) atoms. The van der Waals surface area contributed by atoms with Gasteiger partial charge in [0.2, 0.25) is 0 Å². The van der Waals surface area contributed by atoms with E-state index in [1.165, 1.54) is 0 Å². The van der Waals surface area contributed by atoms with E-state index in [2.05, 4.69) is 9.97 Å². The molecule has 0 amide bonds. The van der Waals surface area contributed by atoms with Crippen molar-refractivity contribution >= 4 is 21.6 Å². The Morgan fingerprint density at radius 1 is 1.50 bits per heavy atom. The van der Waals surface area contributed by atoms with Crippen LogP contribution in [-0.4, -0.2) is 15.1 Å². The third kappa shape index (κ3) is 1.19. The first kappa shape index (κ1) is 7.64. The molecule has 3 nitrogen and oxygen atoms in total. The van der Waals surface area contributed by atoms with Gasteiger partial charge in [-0.05, 0) is 13.0 Å². The monoisotopic (exact) mass is 180 g/mol. The van der Waals surface area contributed by atoms with Gasteiger partial charge in [0.25, 0.3) is 0 Å². The number of nitrogens with zero attached hydrogens (tertiary/aromatic N) is 2. The Morgan fingerprint density at radius 2 is 2.33 bits per heavy atom. The largest absolute Gasteiger partial charge is 0.387 e. The van der Waals surface area contributed by atoms with Crippen molar-refractivity contribution in [2.24, 2.45) is 0 Å². The van der Waals surface area contributed by atoms with Crippen LogP contribution in [0.2, 0.25) is 0 Å². The first-order valence-corrected chi connectivity index (χ1v) is 4.52. The van der Waals surface area contributed by atoms with E-state index in [0.717, 1.165) is 10.2 Å². The van der Waals surface area contributed by atoms with Gasteiger partial charge in [0.05, 0.1) is 33.7 Å². The topological polar surface area (TPSA) is 46.0 Å². The average molecular weight is 180 g/mol. The standard InChI is InChI=1S/C8H8N2OS/c1-5(11)6-2-8-7(3-9-6)10-4-12-8/h2-5,11H,1H3. The van der Waals surface area contributed by atoms with Gasteiger partial charge in [-0.1, -0.05) is 0 Å². The van der Waals surface area contributed by atoms with Crippen molar-refractivity contribution in [2.45, 2.75) is 13.0 Å². The fourth-order valence-electron chi connectivity index (χ4n) is 1.00. The molecule has 2 rings (SSSR count). The minimum Gasteiger partial charge on any atom is -0.387 e. The number of hydrogen-bond donors (Lipinski definition) is 1. The van der Waals surface area contributed by atoms with E-state index >= 15 is 0 Å². The smallest absolute Gasteiger partial charge is 0.0995 e. The van der Waals surface area contributed by atoms with Crippen LogP contribution in [-0.2, 0) is 0 Å². The molecule has 0 fully saturated rings. The minimum atomic E-state index is -0.503. The van der Waals surface area contributed by atoms with Crippen LogP contribution in [0.4, 0.5) is 0 Å². The molecule has 0 radical (unpaired) electrons. The second-order valence-electron chi connectivity index (χ2n) is 2.61. The number of hydrogen-bond acceptors (Lipinski definition) is 4. The Kier molecular flexibility index (Phi) is 1.78. The van der Waals surface area contributed by atoms with Crippen molar-refractivity contribution in [1.82, 2.24) is 9.97 Å². The molecule has 0 spiro atoms. The van der Waals surface area contributed by atoms with Gasteiger partial charge < -0.3 is 5.11 Å². The Hall–Kier alpha value is -1.00. The van der Waals surface area contributed by atoms with Gasteiger partial charge in [-0.15, -0.1) is 11.3 Å². The van der Waals surface area contributed by atoms with Gasteiger partial charge in [-0.25, -0.2) is 4.98 Å². The molecule has 1 atom stereocenters. The summed E-state index contributed by atoms with van der Waals surface area (Å²) in [5.41, 5.74) is 3.37. The molecule has 0 aromatic carbocycles. The van der Waals surface area contributed by atoms with Crippen molar-refractivity contribution in [3.05, 3.63) is 23.5 Å². The molecule has 62 valence electrons. The molecule has 0 bridgehead atoms. The van der Waals surface area contributed by atoms with Crippen LogP contribution in [0.1, 0.15) is 18.7 Å². The predicted molar refractivity (Wildman–Crippen MR) is 48.0 cm³/mol. The fourth-order valence-corrected chi connectivity index (χ4v) is 1.70. The third-order valence-corrected chi connectivity index (χ3v) is 2.46. The molecule has 0 saturated heterocycles. The normalized spacial score (nSPS) is 13.5. The molecule has 0 saturated carbocycles. The highest BCUT2D eigenvalue weighted by Crippen LogP contribution is 2.19. The number of pyridine rings is 1. The number of aromatic nitrogens is 2. The lowest BCUT2D eigenvalue weighted by molar-refractivity contribution is 0.194. The summed E-state index contributed by atoms with van der Waals surface area (Å²) in [6.45, 7) is 1.70. The minimum absolute atomic E-state index is 0.503. The molecule has 0 aliphatic carbocycles. The molecule has 2 aromatic heterocycles. The Morgan fingerprint density at radius 3 is 3.08 bits per heavy atom. The van der Waals surface area contributed by atoms with Crippen LogP contribution in [0.25, 0.3) is 10.2 Å². The highest BCUT2D eigenvalue weighted by atomic mass is 32.1. The summed E-state index contributed by atoms with van der Waals surface area (Å²) in [5, 5.41) is 9.24. The van der Waals surface area contributed by atoms with E-state index in [1.54, 1.807) is 30.0 Å². The zero-order valence-electron chi connectivity index (χ0n) is 6.56. The molecule has 1 N–H and O–H groups in total. The maximum Gasteiger partial charge on any atom is 0.0995 e. The van der Waals surface area contributed by atoms with Crippen LogP contribution in [0.3, 0.4) is 0 Å². The highest BCUT2D eigenvalue weighted by Gasteiger charge is 2.04. The number of aliphatic hydroxyl groups excluding tert-OH is 1. The average Bonchev–Trinajstić information content (AvgIpc) is 2.49. The van der Waals surface area contributed by atoms with Crippen LogP contribution in [0.5, 0.6) is 0 Å². The van der Waals surface area contributed by atoms with Crippen molar-refractivity contribution in [1.29, 1.82) is 0 Å². The zero-order chi connectivity index (χ0) is 8.55. The molecular weight excluding hydrogens is 172 g/mol. The van der Waals surface area contributed by atoms with E-state index in [4.69, 9.17) is 0 Å². The van der Waals surface area contributed by atoms with Crippen LogP contribution in [0.15, 0.2) is 17.8 Å². The van der Waals surface area contributed by atoms with Crippen molar-refractivity contribution in [3.63, 3.8) is 0 Å². The molecule has 0 aliphatic heterocycles. The van der Waals surface area contributed by atoms with Gasteiger partial charge in [0, 0.05) is 0 Å². The van der Waals surface area contributed by atoms with Crippen molar-refractivity contribution < 1.29 is 5.11 Å². The Labute approximate surface area is 73.7 Å². The van der Waals surface area contributed by atoms with Gasteiger partial charge in [-0.3, -0.25) is 4.98 Å². The predicted octanol–water partition coefficient (Wildman–Crippen LogP) is 1.74. The molecule has 2 aromatic rings. The van der Waals surface area contributed by atoms with Gasteiger partial charge in [-0.2, -0.15) is 0 Å². The van der Waals surface area contributed by atoms with Crippen molar-refractivity contribution in [3.8, 4) is 0 Å². The number of fused-ring (bicyclic) bond motifs is 1. The van der Waals surface area contributed by atoms with E-state index in [0.29, 0.717) is 5.69 Å². The number of aliphatic hydroxyl groups is 1. The summed E-state index contributed by atoms with van der Waals surface area (Å²) < 4.78 is 1.07. The maximum atomic E-state index is 9.24. The summed E-state index contributed by atoms with van der Waals surface area (Å²) in [5.74, 6) is 0. The Balaban J connectivity index is 2.60. The molecular formula is C8H8N2OS. The summed E-state index contributed by atoms with van der Waals surface area (Å²) in [6.07, 6.45) is 1.19. The molecule has 2 heterocycles. The zero-order valence-corrected chi connectivity index (χ0v) is 7.38. The van der Waals surface area contributed by atoms with Gasteiger partial charge in [0.15, 0.2) is 0 Å². The summed E-state index contributed by atoms with van der Waals surface area (Å²) in [6, 6.07) is 1.87. The van der Waals surface area contributed by atoms with Gasteiger partial charge >= 0.3 is 0 Å². The van der Waals surface area contributed by atoms with Crippen LogP contribution >= 0.6 is 11.3 Å². The first-order chi connectivity index (χ1) is 5.77. The van der Waals surface area contributed by atoms with E-state index in [9.17, 15) is 5.11 Å². The first-order valence-electron chi connectivity index (χ1n) is 3.64. The number of rotatable bonds is 1. The lowest BCUT2D eigenvalue weighted by Gasteiger charge is -2.01. The lowest BCUT2D eigenvalue weighted by Crippen LogP contribution is -1.93. The van der Waals surface area contributed by atoms with E-state index in [1.807, 2.05) is 6.07 Å². The van der Waals surface area contributed by atoms with Crippen LogP contribution in [0, 0.1) is 0 Å². The number of thiazole rings is 1. The molecule has 1 unspecified atom stereocenters. The lowest BCUT2D eigenvalue weighted by atomic mass is 10.2. The SMILES string of the molecule is CC(O)c1cc2scnc2cn1. The van der Waals surface area contributed by atoms with Crippen LogP contribution < -0.4 is 0 Å².